The SMILES string of the molecule is Cc1cc(N2CC3CC[C@@H](C2)[C@H]3N)cnn1. The minimum Gasteiger partial charge on any atom is -0.370 e. The number of rotatable bonds is 1. The normalized spacial score (nSPS) is 33.1. The van der Waals surface area contributed by atoms with Gasteiger partial charge in [-0.15, -0.1) is 0 Å². The third-order valence-corrected chi connectivity index (χ3v) is 4.03. The Kier molecular flexibility index (Phi) is 2.32. The van der Waals surface area contributed by atoms with Gasteiger partial charge in [0.1, 0.15) is 0 Å². The molecule has 3 atom stereocenters. The number of fused-ring (bicyclic) bond motifs is 2. The van der Waals surface area contributed by atoms with E-state index in [9.17, 15) is 0 Å². The highest BCUT2D eigenvalue weighted by Gasteiger charge is 2.39. The van der Waals surface area contributed by atoms with E-state index in [2.05, 4.69) is 21.2 Å². The molecule has 2 fully saturated rings. The molecule has 2 aliphatic rings. The molecule has 2 heterocycles. The Morgan fingerprint density at radius 3 is 2.62 bits per heavy atom. The molecule has 1 unspecified atom stereocenters. The van der Waals surface area contributed by atoms with Crippen LogP contribution >= 0.6 is 0 Å². The van der Waals surface area contributed by atoms with Crippen LogP contribution in [-0.4, -0.2) is 29.3 Å². The third-order valence-electron chi connectivity index (χ3n) is 4.03. The summed E-state index contributed by atoms with van der Waals surface area (Å²) in [7, 11) is 0. The first-order chi connectivity index (χ1) is 7.74. The van der Waals surface area contributed by atoms with Crippen molar-refractivity contribution in [1.29, 1.82) is 0 Å². The molecule has 0 radical (unpaired) electrons. The molecule has 1 saturated carbocycles. The van der Waals surface area contributed by atoms with Crippen LogP contribution in [0.5, 0.6) is 0 Å². The first kappa shape index (κ1) is 10.0. The van der Waals surface area contributed by atoms with Crippen LogP contribution < -0.4 is 10.6 Å². The fourth-order valence-corrected chi connectivity index (χ4v) is 3.11. The van der Waals surface area contributed by atoms with Crippen molar-refractivity contribution in [3.8, 4) is 0 Å². The topological polar surface area (TPSA) is 55.0 Å². The molecule has 4 nitrogen and oxygen atoms in total. The first-order valence-electron chi connectivity index (χ1n) is 6.04. The second kappa shape index (κ2) is 3.70. The molecule has 1 aromatic rings. The van der Waals surface area contributed by atoms with Gasteiger partial charge < -0.3 is 10.6 Å². The fraction of sp³-hybridized carbons (Fsp3) is 0.667. The number of nitrogens with two attached hydrogens (primary N) is 1. The van der Waals surface area contributed by atoms with Crippen LogP contribution in [0.1, 0.15) is 18.5 Å². The van der Waals surface area contributed by atoms with Crippen LogP contribution in [0.3, 0.4) is 0 Å². The van der Waals surface area contributed by atoms with E-state index in [0.717, 1.165) is 18.8 Å². The smallest absolute Gasteiger partial charge is 0.0730 e. The van der Waals surface area contributed by atoms with Gasteiger partial charge in [-0.3, -0.25) is 0 Å². The zero-order chi connectivity index (χ0) is 11.1. The van der Waals surface area contributed by atoms with Gasteiger partial charge >= 0.3 is 0 Å². The molecule has 2 bridgehead atoms. The molecule has 2 N–H and O–H groups in total. The molecular formula is C12H18N4. The highest BCUT2D eigenvalue weighted by Crippen LogP contribution is 2.37. The van der Waals surface area contributed by atoms with Crippen LogP contribution in [0.25, 0.3) is 0 Å². The Morgan fingerprint density at radius 1 is 1.31 bits per heavy atom. The second-order valence-corrected chi connectivity index (χ2v) is 5.13. The zero-order valence-electron chi connectivity index (χ0n) is 9.63. The van der Waals surface area contributed by atoms with Crippen LogP contribution in [-0.2, 0) is 0 Å². The van der Waals surface area contributed by atoms with Crippen LogP contribution in [0.2, 0.25) is 0 Å². The molecule has 1 aliphatic heterocycles. The molecule has 3 rings (SSSR count). The van der Waals surface area contributed by atoms with Crippen molar-refractivity contribution in [2.75, 3.05) is 18.0 Å². The lowest BCUT2D eigenvalue weighted by Gasteiger charge is -2.37. The maximum absolute atomic E-state index is 6.20. The summed E-state index contributed by atoms with van der Waals surface area (Å²) in [6, 6.07) is 2.54. The molecule has 0 aromatic carbocycles. The summed E-state index contributed by atoms with van der Waals surface area (Å²) in [6.45, 7) is 4.16. The predicted octanol–water partition coefficient (Wildman–Crippen LogP) is 0.959. The maximum Gasteiger partial charge on any atom is 0.0730 e. The number of nitrogens with zero attached hydrogens (tertiary/aromatic N) is 3. The van der Waals surface area contributed by atoms with Crippen molar-refractivity contribution in [3.05, 3.63) is 18.0 Å². The van der Waals surface area contributed by atoms with Crippen molar-refractivity contribution < 1.29 is 0 Å². The first-order valence-corrected chi connectivity index (χ1v) is 6.04. The molecule has 0 spiro atoms. The van der Waals surface area contributed by atoms with Gasteiger partial charge in [0.05, 0.1) is 17.6 Å². The molecular weight excluding hydrogens is 200 g/mol. The number of hydrogen-bond donors (Lipinski definition) is 1. The van der Waals surface area contributed by atoms with Crippen LogP contribution in [0.15, 0.2) is 12.3 Å². The van der Waals surface area contributed by atoms with Gasteiger partial charge in [0.2, 0.25) is 0 Å². The van der Waals surface area contributed by atoms with Gasteiger partial charge in [-0.25, -0.2) is 0 Å². The van der Waals surface area contributed by atoms with E-state index in [1.807, 2.05) is 13.1 Å². The average molecular weight is 218 g/mol. The lowest BCUT2D eigenvalue weighted by Crippen LogP contribution is -2.48. The van der Waals surface area contributed by atoms with Gasteiger partial charge in [-0.2, -0.15) is 10.2 Å². The van der Waals surface area contributed by atoms with Crippen molar-refractivity contribution in [1.82, 2.24) is 10.2 Å². The van der Waals surface area contributed by atoms with Crippen LogP contribution in [0.4, 0.5) is 5.69 Å². The summed E-state index contributed by atoms with van der Waals surface area (Å²) in [5, 5.41) is 8.03. The number of aromatic nitrogens is 2. The van der Waals surface area contributed by atoms with Crippen molar-refractivity contribution >= 4 is 5.69 Å². The standard InChI is InChI=1S/C12H18N4/c1-8-4-11(5-14-15-8)16-6-9-2-3-10(7-16)12(9)13/h4-5,9-10,12H,2-3,6-7,13H2,1H3/t9-,10?,12+/m0/s1. The molecule has 1 aliphatic carbocycles. The minimum atomic E-state index is 0.423. The largest absolute Gasteiger partial charge is 0.370 e. The molecule has 16 heavy (non-hydrogen) atoms. The summed E-state index contributed by atoms with van der Waals surface area (Å²) in [6.07, 6.45) is 4.45. The molecule has 1 aromatic heterocycles. The van der Waals surface area contributed by atoms with E-state index in [1.165, 1.54) is 18.5 Å². The highest BCUT2D eigenvalue weighted by molar-refractivity contribution is 5.45. The summed E-state index contributed by atoms with van der Waals surface area (Å²) < 4.78 is 0. The van der Waals surface area contributed by atoms with Gasteiger partial charge in [0, 0.05) is 19.1 Å². The van der Waals surface area contributed by atoms with Crippen molar-refractivity contribution in [2.45, 2.75) is 25.8 Å². The van der Waals surface area contributed by atoms with Crippen molar-refractivity contribution in [2.24, 2.45) is 17.6 Å². The Morgan fingerprint density at radius 2 is 2.00 bits per heavy atom. The Balaban J connectivity index is 1.83. The van der Waals surface area contributed by atoms with Gasteiger partial charge in [0.25, 0.3) is 0 Å². The third kappa shape index (κ3) is 1.57. The summed E-state index contributed by atoms with van der Waals surface area (Å²) in [4.78, 5) is 2.42. The number of hydrogen-bond acceptors (Lipinski definition) is 4. The molecule has 4 heteroatoms. The fourth-order valence-electron chi connectivity index (χ4n) is 3.11. The Hall–Kier alpha value is -1.16. The zero-order valence-corrected chi connectivity index (χ0v) is 9.63. The van der Waals surface area contributed by atoms with E-state index >= 15 is 0 Å². The molecule has 0 amide bonds. The van der Waals surface area contributed by atoms with E-state index in [0.29, 0.717) is 17.9 Å². The monoisotopic (exact) mass is 218 g/mol. The molecule has 1 saturated heterocycles. The van der Waals surface area contributed by atoms with Crippen LogP contribution in [0, 0.1) is 18.8 Å². The van der Waals surface area contributed by atoms with E-state index in [1.54, 1.807) is 0 Å². The second-order valence-electron chi connectivity index (χ2n) is 5.13. The number of aryl methyl sites for hydroxylation is 1. The number of anilines is 1. The minimum absolute atomic E-state index is 0.423. The lowest BCUT2D eigenvalue weighted by atomic mass is 9.93. The number of piperidine rings is 1. The Bertz CT molecular complexity index is 378. The van der Waals surface area contributed by atoms with Gasteiger partial charge in [-0.1, -0.05) is 0 Å². The van der Waals surface area contributed by atoms with Gasteiger partial charge in [0.15, 0.2) is 0 Å². The summed E-state index contributed by atoms with van der Waals surface area (Å²) >= 11 is 0. The van der Waals surface area contributed by atoms with E-state index in [-0.39, 0.29) is 0 Å². The highest BCUT2D eigenvalue weighted by atomic mass is 15.2. The van der Waals surface area contributed by atoms with Crippen molar-refractivity contribution in [3.63, 3.8) is 0 Å². The Labute approximate surface area is 95.8 Å². The summed E-state index contributed by atoms with van der Waals surface area (Å²) in [5.41, 5.74) is 8.39. The maximum atomic E-state index is 6.20. The quantitative estimate of drug-likeness (QED) is 0.762. The van der Waals surface area contributed by atoms with E-state index < -0.39 is 0 Å². The van der Waals surface area contributed by atoms with Gasteiger partial charge in [-0.05, 0) is 37.7 Å². The lowest BCUT2D eigenvalue weighted by molar-refractivity contribution is 0.356. The summed E-state index contributed by atoms with van der Waals surface area (Å²) in [5.74, 6) is 1.35. The molecule has 86 valence electrons. The van der Waals surface area contributed by atoms with E-state index in [4.69, 9.17) is 5.73 Å². The predicted molar refractivity (Wildman–Crippen MR) is 63.2 cm³/mol. The average Bonchev–Trinajstić information content (AvgIpc) is 2.53.